The SMILES string of the molecule is CSCCC(CO)NC(=O)c1cn(C)c2c(F)cc(F)cc2c1=O. The molecule has 0 saturated carbocycles. The Morgan fingerprint density at radius 1 is 1.42 bits per heavy atom. The first-order chi connectivity index (χ1) is 11.4. The van der Waals surface area contributed by atoms with Crippen LogP contribution in [0.3, 0.4) is 0 Å². The first kappa shape index (κ1) is 18.4. The Hall–Kier alpha value is -1.93. The summed E-state index contributed by atoms with van der Waals surface area (Å²) in [7, 11) is 1.47. The molecule has 1 heterocycles. The van der Waals surface area contributed by atoms with E-state index in [0.29, 0.717) is 12.5 Å². The van der Waals surface area contributed by atoms with Gasteiger partial charge in [0, 0.05) is 19.3 Å². The number of aliphatic hydroxyl groups excluding tert-OH is 1. The molecular weight excluding hydrogens is 338 g/mol. The summed E-state index contributed by atoms with van der Waals surface area (Å²) in [5.74, 6) is -1.70. The molecule has 0 aliphatic rings. The molecule has 0 spiro atoms. The number of aryl methyl sites for hydroxylation is 1. The van der Waals surface area contributed by atoms with E-state index in [1.54, 1.807) is 11.8 Å². The van der Waals surface area contributed by atoms with Crippen molar-refractivity contribution in [3.63, 3.8) is 0 Å². The molecule has 5 nitrogen and oxygen atoms in total. The van der Waals surface area contributed by atoms with E-state index in [4.69, 9.17) is 0 Å². The fraction of sp³-hybridized carbons (Fsp3) is 0.375. The highest BCUT2D eigenvalue weighted by atomic mass is 32.2. The number of hydrogen-bond donors (Lipinski definition) is 2. The second kappa shape index (κ2) is 7.76. The van der Waals surface area contributed by atoms with Gasteiger partial charge in [0.2, 0.25) is 5.43 Å². The van der Waals surface area contributed by atoms with Gasteiger partial charge in [-0.3, -0.25) is 9.59 Å². The van der Waals surface area contributed by atoms with E-state index in [9.17, 15) is 23.5 Å². The standard InChI is InChI=1S/C16H18F2N2O3S/c1-20-7-12(16(23)19-10(8-21)3-4-24-2)15(22)11-5-9(17)6-13(18)14(11)20/h5-7,10,21H,3-4,8H2,1-2H3,(H,19,23). The number of nitrogens with zero attached hydrogens (tertiary/aromatic N) is 1. The summed E-state index contributed by atoms with van der Waals surface area (Å²) in [5, 5.41) is 11.7. The van der Waals surface area contributed by atoms with Crippen molar-refractivity contribution in [3.8, 4) is 0 Å². The molecule has 2 aromatic rings. The van der Waals surface area contributed by atoms with Crippen LogP contribution in [0.5, 0.6) is 0 Å². The number of rotatable bonds is 6. The quantitative estimate of drug-likeness (QED) is 0.826. The smallest absolute Gasteiger partial charge is 0.257 e. The number of amides is 1. The monoisotopic (exact) mass is 356 g/mol. The van der Waals surface area contributed by atoms with Crippen LogP contribution < -0.4 is 10.7 Å². The minimum Gasteiger partial charge on any atom is -0.394 e. The number of aliphatic hydroxyl groups is 1. The Balaban J connectivity index is 2.44. The average molecular weight is 356 g/mol. The maximum atomic E-state index is 13.9. The Bertz CT molecular complexity index is 823. The second-order valence-electron chi connectivity index (χ2n) is 5.40. The molecule has 1 atom stereocenters. The van der Waals surface area contributed by atoms with Crippen LogP contribution in [0, 0.1) is 11.6 Å². The van der Waals surface area contributed by atoms with Gasteiger partial charge in [0.15, 0.2) is 0 Å². The van der Waals surface area contributed by atoms with Crippen LogP contribution >= 0.6 is 11.8 Å². The van der Waals surface area contributed by atoms with Gasteiger partial charge in [-0.2, -0.15) is 11.8 Å². The largest absolute Gasteiger partial charge is 0.394 e. The fourth-order valence-corrected chi connectivity index (χ4v) is 2.97. The lowest BCUT2D eigenvalue weighted by Crippen LogP contribution is -2.40. The number of pyridine rings is 1. The van der Waals surface area contributed by atoms with Gasteiger partial charge in [-0.1, -0.05) is 0 Å². The molecule has 2 rings (SSSR count). The molecule has 1 unspecified atom stereocenters. The van der Waals surface area contributed by atoms with E-state index in [1.165, 1.54) is 17.8 Å². The number of fused-ring (bicyclic) bond motifs is 1. The van der Waals surface area contributed by atoms with E-state index in [0.717, 1.165) is 11.8 Å². The summed E-state index contributed by atoms with van der Waals surface area (Å²) < 4.78 is 28.6. The summed E-state index contributed by atoms with van der Waals surface area (Å²) in [6.45, 7) is -0.260. The van der Waals surface area contributed by atoms with Crippen molar-refractivity contribution < 1.29 is 18.7 Å². The highest BCUT2D eigenvalue weighted by molar-refractivity contribution is 7.98. The lowest BCUT2D eigenvalue weighted by Gasteiger charge is -2.16. The van der Waals surface area contributed by atoms with Gasteiger partial charge >= 0.3 is 0 Å². The molecule has 8 heteroatoms. The third-order valence-corrected chi connectivity index (χ3v) is 4.31. The predicted molar refractivity (Wildman–Crippen MR) is 90.4 cm³/mol. The number of carbonyl (C=O) groups excluding carboxylic acids is 1. The van der Waals surface area contributed by atoms with Crippen LogP contribution in [0.25, 0.3) is 10.9 Å². The topological polar surface area (TPSA) is 71.3 Å². The van der Waals surface area contributed by atoms with Crippen LogP contribution in [-0.4, -0.2) is 40.2 Å². The van der Waals surface area contributed by atoms with Gasteiger partial charge in [0.1, 0.15) is 17.2 Å². The molecular formula is C16H18F2N2O3S. The Labute approximate surface area is 141 Å². The van der Waals surface area contributed by atoms with Crippen LogP contribution in [0.15, 0.2) is 23.1 Å². The highest BCUT2D eigenvalue weighted by Crippen LogP contribution is 2.17. The minimum atomic E-state index is -0.886. The summed E-state index contributed by atoms with van der Waals surface area (Å²) in [5.41, 5.74) is -1.04. The molecule has 0 aliphatic carbocycles. The van der Waals surface area contributed by atoms with E-state index in [2.05, 4.69) is 5.32 Å². The first-order valence-electron chi connectivity index (χ1n) is 7.28. The molecule has 0 aliphatic heterocycles. The fourth-order valence-electron chi connectivity index (χ4n) is 2.45. The van der Waals surface area contributed by atoms with Crippen LogP contribution in [0.4, 0.5) is 8.78 Å². The van der Waals surface area contributed by atoms with Crippen molar-refractivity contribution in [1.29, 1.82) is 0 Å². The number of carbonyl (C=O) groups is 1. The molecule has 0 bridgehead atoms. The van der Waals surface area contributed by atoms with Crippen molar-refractivity contribution in [1.82, 2.24) is 9.88 Å². The van der Waals surface area contributed by atoms with Crippen molar-refractivity contribution >= 4 is 28.6 Å². The van der Waals surface area contributed by atoms with Gasteiger partial charge in [-0.25, -0.2) is 8.78 Å². The maximum absolute atomic E-state index is 13.9. The van der Waals surface area contributed by atoms with E-state index >= 15 is 0 Å². The third-order valence-electron chi connectivity index (χ3n) is 3.66. The molecule has 1 amide bonds. The molecule has 2 N–H and O–H groups in total. The van der Waals surface area contributed by atoms with Crippen molar-refractivity contribution in [2.24, 2.45) is 7.05 Å². The maximum Gasteiger partial charge on any atom is 0.257 e. The highest BCUT2D eigenvalue weighted by Gasteiger charge is 2.19. The lowest BCUT2D eigenvalue weighted by molar-refractivity contribution is 0.0913. The zero-order valence-corrected chi connectivity index (χ0v) is 14.1. The van der Waals surface area contributed by atoms with Crippen molar-refractivity contribution in [2.75, 3.05) is 18.6 Å². The Morgan fingerprint density at radius 3 is 2.75 bits per heavy atom. The van der Waals surface area contributed by atoms with E-state index in [1.807, 2.05) is 6.26 Å². The van der Waals surface area contributed by atoms with Gasteiger partial charge in [-0.05, 0) is 24.5 Å². The minimum absolute atomic E-state index is 0.0703. The van der Waals surface area contributed by atoms with Crippen LogP contribution in [0.2, 0.25) is 0 Å². The number of nitrogens with one attached hydrogen (secondary N) is 1. The summed E-state index contributed by atoms with van der Waals surface area (Å²) >= 11 is 1.57. The molecule has 0 radical (unpaired) electrons. The number of aromatic nitrogens is 1. The van der Waals surface area contributed by atoms with Crippen LogP contribution in [-0.2, 0) is 7.05 Å². The third kappa shape index (κ3) is 3.76. The predicted octanol–water partition coefficient (Wildman–Crippen LogP) is 1.66. The van der Waals surface area contributed by atoms with Crippen molar-refractivity contribution in [3.05, 3.63) is 45.8 Å². The van der Waals surface area contributed by atoms with E-state index < -0.39 is 29.0 Å². The molecule has 130 valence electrons. The number of thioether (sulfide) groups is 1. The van der Waals surface area contributed by atoms with Crippen molar-refractivity contribution in [2.45, 2.75) is 12.5 Å². The van der Waals surface area contributed by atoms with Gasteiger partial charge < -0.3 is 15.0 Å². The normalized spacial score (nSPS) is 12.4. The van der Waals surface area contributed by atoms with Crippen LogP contribution in [0.1, 0.15) is 16.8 Å². The Kier molecular flexibility index (Phi) is 5.95. The lowest BCUT2D eigenvalue weighted by atomic mass is 10.1. The Morgan fingerprint density at radius 2 is 2.12 bits per heavy atom. The summed E-state index contributed by atoms with van der Waals surface area (Å²) in [4.78, 5) is 24.8. The number of benzene rings is 1. The molecule has 24 heavy (non-hydrogen) atoms. The number of hydrogen-bond acceptors (Lipinski definition) is 4. The van der Waals surface area contributed by atoms with Gasteiger partial charge in [0.25, 0.3) is 5.91 Å². The average Bonchev–Trinajstić information content (AvgIpc) is 2.53. The first-order valence-corrected chi connectivity index (χ1v) is 8.67. The summed E-state index contributed by atoms with van der Waals surface area (Å²) in [6.07, 6.45) is 3.66. The molecule has 1 aromatic carbocycles. The molecule has 0 saturated heterocycles. The van der Waals surface area contributed by atoms with E-state index in [-0.39, 0.29) is 23.1 Å². The summed E-state index contributed by atoms with van der Waals surface area (Å²) in [6, 6.07) is 1.11. The zero-order chi connectivity index (χ0) is 17.9. The van der Waals surface area contributed by atoms with Gasteiger partial charge in [-0.15, -0.1) is 0 Å². The zero-order valence-electron chi connectivity index (χ0n) is 13.3. The van der Waals surface area contributed by atoms with Gasteiger partial charge in [0.05, 0.1) is 23.6 Å². The second-order valence-corrected chi connectivity index (χ2v) is 6.39. The molecule has 1 aromatic heterocycles. The molecule has 0 fully saturated rings. The number of halogens is 2.